The summed E-state index contributed by atoms with van der Waals surface area (Å²) in [5.41, 5.74) is 3.78. The Balaban J connectivity index is 1.63. The smallest absolute Gasteiger partial charge is 0.141 e. The number of hydrogen-bond donors (Lipinski definition) is 1. The number of aromatic nitrogens is 2. The van der Waals surface area contributed by atoms with E-state index in [2.05, 4.69) is 27.1 Å². The lowest BCUT2D eigenvalue weighted by Crippen LogP contribution is -1.97. The van der Waals surface area contributed by atoms with E-state index in [4.69, 9.17) is 4.74 Å². The number of nitrogens with zero attached hydrogens (tertiary/aromatic N) is 2. The van der Waals surface area contributed by atoms with Crippen molar-refractivity contribution in [2.24, 2.45) is 0 Å². The molecular formula is C24H19N3O. The van der Waals surface area contributed by atoms with Gasteiger partial charge >= 0.3 is 0 Å². The number of para-hydroxylation sites is 1. The average Bonchev–Trinajstić information content (AvgIpc) is 2.71. The van der Waals surface area contributed by atoms with Gasteiger partial charge in [-0.2, -0.15) is 0 Å². The second-order valence-corrected chi connectivity index (χ2v) is 6.35. The van der Waals surface area contributed by atoms with Crippen LogP contribution in [0.2, 0.25) is 0 Å². The van der Waals surface area contributed by atoms with Crippen molar-refractivity contribution in [1.29, 1.82) is 0 Å². The van der Waals surface area contributed by atoms with Crippen LogP contribution in [0.25, 0.3) is 10.9 Å². The highest BCUT2D eigenvalue weighted by atomic mass is 16.5. The molecule has 0 unspecified atom stereocenters. The molecule has 0 saturated heterocycles. The second kappa shape index (κ2) is 7.81. The second-order valence-electron chi connectivity index (χ2n) is 6.35. The van der Waals surface area contributed by atoms with Crippen LogP contribution in [0.5, 0.6) is 11.5 Å². The number of rotatable bonds is 4. The Bertz CT molecular complexity index is 1190. The Kier molecular flexibility index (Phi) is 4.90. The van der Waals surface area contributed by atoms with Crippen LogP contribution in [0.1, 0.15) is 18.1 Å². The molecule has 28 heavy (non-hydrogen) atoms. The van der Waals surface area contributed by atoms with Crippen LogP contribution in [0.4, 0.5) is 11.5 Å². The van der Waals surface area contributed by atoms with E-state index < -0.39 is 0 Å². The van der Waals surface area contributed by atoms with Crippen molar-refractivity contribution in [3.63, 3.8) is 0 Å². The van der Waals surface area contributed by atoms with Gasteiger partial charge in [-0.15, -0.1) is 5.92 Å². The minimum atomic E-state index is 0.751. The molecule has 1 N–H and O–H groups in total. The predicted octanol–water partition coefficient (Wildman–Crippen LogP) is 5.85. The number of hydrogen-bond acceptors (Lipinski definition) is 4. The molecule has 0 saturated carbocycles. The van der Waals surface area contributed by atoms with Gasteiger partial charge in [0.1, 0.15) is 23.6 Å². The van der Waals surface area contributed by atoms with E-state index >= 15 is 0 Å². The zero-order valence-corrected chi connectivity index (χ0v) is 15.7. The maximum atomic E-state index is 5.96. The third-order valence-corrected chi connectivity index (χ3v) is 4.31. The van der Waals surface area contributed by atoms with Crippen LogP contribution in [-0.2, 0) is 0 Å². The standard InChI is InChI=1S/C24H19N3O/c1-3-7-18-10-12-22-21(15-18)24(26-16-25-22)27-19-11-13-23(17(2)14-19)28-20-8-5-4-6-9-20/h4-6,8-16H,1-2H3,(H,25,26,27). The van der Waals surface area contributed by atoms with Gasteiger partial charge in [-0.1, -0.05) is 24.1 Å². The highest BCUT2D eigenvalue weighted by Gasteiger charge is 2.07. The fraction of sp³-hybridized carbons (Fsp3) is 0.0833. The summed E-state index contributed by atoms with van der Waals surface area (Å²) in [6.45, 7) is 3.85. The number of anilines is 2. The fourth-order valence-corrected chi connectivity index (χ4v) is 2.97. The van der Waals surface area contributed by atoms with Crippen molar-refractivity contribution < 1.29 is 4.74 Å². The number of fused-ring (bicyclic) bond motifs is 1. The first-order valence-electron chi connectivity index (χ1n) is 9.01. The summed E-state index contributed by atoms with van der Waals surface area (Å²) >= 11 is 0. The zero-order chi connectivity index (χ0) is 19.3. The number of nitrogens with one attached hydrogen (secondary N) is 1. The van der Waals surface area contributed by atoms with Crippen molar-refractivity contribution in [3.8, 4) is 23.3 Å². The molecule has 4 aromatic rings. The largest absolute Gasteiger partial charge is 0.457 e. The van der Waals surface area contributed by atoms with Crippen LogP contribution in [0, 0.1) is 18.8 Å². The van der Waals surface area contributed by atoms with Crippen molar-refractivity contribution in [1.82, 2.24) is 9.97 Å². The molecule has 0 bridgehead atoms. The van der Waals surface area contributed by atoms with E-state index in [1.807, 2.05) is 80.6 Å². The molecule has 4 rings (SSSR count). The minimum Gasteiger partial charge on any atom is -0.457 e. The van der Waals surface area contributed by atoms with E-state index in [0.717, 1.165) is 45.0 Å². The first kappa shape index (κ1) is 17.6. The third kappa shape index (κ3) is 3.79. The molecule has 0 aliphatic heterocycles. The van der Waals surface area contributed by atoms with E-state index in [-0.39, 0.29) is 0 Å². The van der Waals surface area contributed by atoms with Gasteiger partial charge in [-0.05, 0) is 67.9 Å². The van der Waals surface area contributed by atoms with E-state index in [9.17, 15) is 0 Å². The molecule has 0 atom stereocenters. The van der Waals surface area contributed by atoms with E-state index in [1.165, 1.54) is 0 Å². The Morgan fingerprint density at radius 3 is 2.57 bits per heavy atom. The lowest BCUT2D eigenvalue weighted by Gasteiger charge is -2.12. The van der Waals surface area contributed by atoms with Gasteiger partial charge in [0.2, 0.25) is 0 Å². The minimum absolute atomic E-state index is 0.751. The predicted molar refractivity (Wildman–Crippen MR) is 113 cm³/mol. The van der Waals surface area contributed by atoms with E-state index in [0.29, 0.717) is 0 Å². The number of aryl methyl sites for hydroxylation is 1. The Labute approximate surface area is 164 Å². The molecule has 0 aliphatic rings. The first-order valence-corrected chi connectivity index (χ1v) is 9.01. The summed E-state index contributed by atoms with van der Waals surface area (Å²) in [5, 5.41) is 4.33. The van der Waals surface area contributed by atoms with Crippen molar-refractivity contribution in [2.75, 3.05) is 5.32 Å². The molecule has 0 amide bonds. The molecule has 1 aromatic heterocycles. The maximum Gasteiger partial charge on any atom is 0.141 e. The number of ether oxygens (including phenoxy) is 1. The van der Waals surface area contributed by atoms with Gasteiger partial charge in [0.05, 0.1) is 5.52 Å². The molecule has 1 heterocycles. The summed E-state index contributed by atoms with van der Waals surface area (Å²) in [5.74, 6) is 8.40. The summed E-state index contributed by atoms with van der Waals surface area (Å²) < 4.78 is 5.96. The summed E-state index contributed by atoms with van der Waals surface area (Å²) in [7, 11) is 0. The maximum absolute atomic E-state index is 5.96. The van der Waals surface area contributed by atoms with Crippen LogP contribution in [0.3, 0.4) is 0 Å². The highest BCUT2D eigenvalue weighted by Crippen LogP contribution is 2.29. The molecular weight excluding hydrogens is 346 g/mol. The van der Waals surface area contributed by atoms with Gasteiger partial charge < -0.3 is 10.1 Å². The molecule has 136 valence electrons. The van der Waals surface area contributed by atoms with Gasteiger partial charge in [-0.3, -0.25) is 0 Å². The molecule has 4 heteroatoms. The van der Waals surface area contributed by atoms with Crippen molar-refractivity contribution in [3.05, 3.63) is 84.2 Å². The average molecular weight is 365 g/mol. The molecule has 3 aromatic carbocycles. The molecule has 4 nitrogen and oxygen atoms in total. The van der Waals surface area contributed by atoms with E-state index in [1.54, 1.807) is 6.33 Å². The number of benzene rings is 3. The molecule has 0 aliphatic carbocycles. The third-order valence-electron chi connectivity index (χ3n) is 4.31. The topological polar surface area (TPSA) is 47.0 Å². The lowest BCUT2D eigenvalue weighted by atomic mass is 10.1. The van der Waals surface area contributed by atoms with Gasteiger partial charge in [-0.25, -0.2) is 9.97 Å². The molecule has 0 fully saturated rings. The Hall–Kier alpha value is -3.84. The monoisotopic (exact) mass is 365 g/mol. The molecule has 0 radical (unpaired) electrons. The van der Waals surface area contributed by atoms with Gasteiger partial charge in [0, 0.05) is 16.6 Å². The van der Waals surface area contributed by atoms with Crippen LogP contribution in [-0.4, -0.2) is 9.97 Å². The van der Waals surface area contributed by atoms with Crippen LogP contribution in [0.15, 0.2) is 73.1 Å². The summed E-state index contributed by atoms with van der Waals surface area (Å²) in [4.78, 5) is 8.77. The Morgan fingerprint density at radius 2 is 1.79 bits per heavy atom. The highest BCUT2D eigenvalue weighted by molar-refractivity contribution is 5.91. The summed E-state index contributed by atoms with van der Waals surface area (Å²) in [6.07, 6.45) is 1.57. The van der Waals surface area contributed by atoms with Crippen molar-refractivity contribution >= 4 is 22.4 Å². The van der Waals surface area contributed by atoms with Gasteiger partial charge in [0.15, 0.2) is 0 Å². The van der Waals surface area contributed by atoms with Crippen molar-refractivity contribution in [2.45, 2.75) is 13.8 Å². The first-order chi connectivity index (χ1) is 13.7. The fourth-order valence-electron chi connectivity index (χ4n) is 2.97. The lowest BCUT2D eigenvalue weighted by molar-refractivity contribution is 0.479. The quantitative estimate of drug-likeness (QED) is 0.461. The normalized spacial score (nSPS) is 10.2. The molecule has 0 spiro atoms. The Morgan fingerprint density at radius 1 is 0.929 bits per heavy atom. The SMILES string of the molecule is CC#Cc1ccc2ncnc(Nc3ccc(Oc4ccccc4)c(C)c3)c2c1. The zero-order valence-electron chi connectivity index (χ0n) is 15.7. The van der Waals surface area contributed by atoms with Crippen LogP contribution < -0.4 is 10.1 Å². The van der Waals surface area contributed by atoms with Crippen LogP contribution >= 0.6 is 0 Å². The summed E-state index contributed by atoms with van der Waals surface area (Å²) in [6, 6.07) is 21.7. The van der Waals surface area contributed by atoms with Gasteiger partial charge in [0.25, 0.3) is 0 Å².